The summed E-state index contributed by atoms with van der Waals surface area (Å²) in [5.74, 6) is 2.28. The quantitative estimate of drug-likeness (QED) is 0.715. The Balaban J connectivity index is 4.57. The molecule has 0 unspecified atom stereocenters. The number of amides is 2. The number of carbonyl (C=O) groups is 1. The van der Waals surface area contributed by atoms with Gasteiger partial charge < -0.3 is 10.2 Å². The number of sulfone groups is 1. The molecule has 0 aliphatic rings. The molecule has 2 atom stereocenters. The van der Waals surface area contributed by atoms with Crippen LogP contribution in [0.4, 0.5) is 4.79 Å². The first-order valence-electron chi connectivity index (χ1n) is 4.84. The minimum atomic E-state index is -3.16. The van der Waals surface area contributed by atoms with Gasteiger partial charge in [-0.3, -0.25) is 0 Å². The van der Waals surface area contributed by atoms with Crippen LogP contribution >= 0.6 is 0 Å². The highest BCUT2D eigenvalue weighted by Crippen LogP contribution is 2.09. The molecular weight excluding hydrogens is 228 g/mol. The molecule has 0 radical (unpaired) electrons. The van der Waals surface area contributed by atoms with Gasteiger partial charge in [0, 0.05) is 19.3 Å². The van der Waals surface area contributed by atoms with Crippen LogP contribution in [0.1, 0.15) is 13.8 Å². The molecule has 0 aliphatic heterocycles. The van der Waals surface area contributed by atoms with Gasteiger partial charge in [-0.05, 0) is 13.8 Å². The van der Waals surface area contributed by atoms with E-state index in [-0.39, 0.29) is 12.6 Å². The highest BCUT2D eigenvalue weighted by molar-refractivity contribution is 7.91. The van der Waals surface area contributed by atoms with E-state index in [2.05, 4.69) is 11.2 Å². The van der Waals surface area contributed by atoms with E-state index in [0.717, 1.165) is 6.26 Å². The van der Waals surface area contributed by atoms with E-state index in [1.54, 1.807) is 13.8 Å². The second-order valence-corrected chi connectivity index (χ2v) is 6.15. The van der Waals surface area contributed by atoms with Gasteiger partial charge in [0.15, 0.2) is 9.84 Å². The van der Waals surface area contributed by atoms with Gasteiger partial charge in [0.05, 0.1) is 11.8 Å². The summed E-state index contributed by atoms with van der Waals surface area (Å²) >= 11 is 0. The smallest absolute Gasteiger partial charge is 0.318 e. The molecule has 0 bridgehead atoms. The summed E-state index contributed by atoms with van der Waals surface area (Å²) in [5.41, 5.74) is 0. The van der Waals surface area contributed by atoms with Gasteiger partial charge >= 0.3 is 6.03 Å². The first kappa shape index (κ1) is 14.8. The van der Waals surface area contributed by atoms with Gasteiger partial charge in [-0.1, -0.05) is 5.92 Å². The molecule has 0 aliphatic carbocycles. The summed E-state index contributed by atoms with van der Waals surface area (Å²) in [5, 5.41) is 1.86. The molecule has 6 heteroatoms. The van der Waals surface area contributed by atoms with E-state index in [1.807, 2.05) is 0 Å². The summed E-state index contributed by atoms with van der Waals surface area (Å²) in [6.07, 6.45) is 6.16. The zero-order chi connectivity index (χ0) is 12.9. The second kappa shape index (κ2) is 5.75. The maximum atomic E-state index is 11.5. The van der Waals surface area contributed by atoms with Crippen molar-refractivity contribution in [2.75, 3.05) is 19.8 Å². The fourth-order valence-corrected chi connectivity index (χ4v) is 2.01. The largest absolute Gasteiger partial charge is 0.327 e. The SMILES string of the molecule is C#CCNC(=O)N(C)[C@@H](C)[C@@H](C)S(C)(=O)=O. The molecule has 1 N–H and O–H groups in total. The maximum Gasteiger partial charge on any atom is 0.318 e. The van der Waals surface area contributed by atoms with Gasteiger partial charge in [0.25, 0.3) is 0 Å². The van der Waals surface area contributed by atoms with Crippen LogP contribution < -0.4 is 5.32 Å². The molecule has 0 aromatic heterocycles. The minimum absolute atomic E-state index is 0.128. The second-order valence-electron chi connectivity index (χ2n) is 3.75. The number of urea groups is 1. The number of terminal acetylenes is 1. The summed E-state index contributed by atoms with van der Waals surface area (Å²) in [6.45, 7) is 3.38. The molecular formula is C10H18N2O3S. The van der Waals surface area contributed by atoms with Gasteiger partial charge in [-0.15, -0.1) is 6.42 Å². The van der Waals surface area contributed by atoms with Crippen molar-refractivity contribution in [3.63, 3.8) is 0 Å². The van der Waals surface area contributed by atoms with Crippen molar-refractivity contribution in [3.8, 4) is 12.3 Å². The standard InChI is InChI=1S/C10H18N2O3S/c1-6-7-11-10(13)12(4)8(2)9(3)16(5,14)15/h1,8-9H,7H2,2-5H3,(H,11,13)/t8-,9+/m0/s1. The molecule has 0 spiro atoms. The molecule has 0 heterocycles. The Morgan fingerprint density at radius 3 is 2.38 bits per heavy atom. The molecule has 0 saturated carbocycles. The van der Waals surface area contributed by atoms with Crippen LogP contribution in [0.2, 0.25) is 0 Å². The topological polar surface area (TPSA) is 66.5 Å². The van der Waals surface area contributed by atoms with Gasteiger partial charge in [0.2, 0.25) is 0 Å². The van der Waals surface area contributed by atoms with E-state index in [4.69, 9.17) is 6.42 Å². The van der Waals surface area contributed by atoms with Gasteiger partial charge in [0.1, 0.15) is 0 Å². The van der Waals surface area contributed by atoms with Gasteiger partial charge in [-0.25, -0.2) is 13.2 Å². The Morgan fingerprint density at radius 1 is 1.50 bits per heavy atom. The highest BCUT2D eigenvalue weighted by Gasteiger charge is 2.27. The maximum absolute atomic E-state index is 11.5. The molecule has 5 nitrogen and oxygen atoms in total. The van der Waals surface area contributed by atoms with Crippen molar-refractivity contribution in [2.45, 2.75) is 25.1 Å². The Morgan fingerprint density at radius 2 is 2.00 bits per heavy atom. The van der Waals surface area contributed by atoms with Crippen molar-refractivity contribution in [3.05, 3.63) is 0 Å². The van der Waals surface area contributed by atoms with Crippen molar-refractivity contribution >= 4 is 15.9 Å². The summed E-state index contributed by atoms with van der Waals surface area (Å²) in [4.78, 5) is 12.8. The Labute approximate surface area is 97.1 Å². The molecule has 0 rings (SSSR count). The monoisotopic (exact) mass is 246 g/mol. The Hall–Kier alpha value is -1.22. The first-order chi connectivity index (χ1) is 7.21. The van der Waals surface area contributed by atoms with Crippen molar-refractivity contribution in [1.82, 2.24) is 10.2 Å². The van der Waals surface area contributed by atoms with Crippen LogP contribution in [0.15, 0.2) is 0 Å². The van der Waals surface area contributed by atoms with Gasteiger partial charge in [-0.2, -0.15) is 0 Å². The lowest BCUT2D eigenvalue weighted by Crippen LogP contribution is -2.48. The predicted molar refractivity (Wildman–Crippen MR) is 63.8 cm³/mol. The molecule has 92 valence electrons. The molecule has 2 amide bonds. The van der Waals surface area contributed by atoms with Crippen LogP contribution in [-0.2, 0) is 9.84 Å². The van der Waals surface area contributed by atoms with Crippen LogP contribution in [0.3, 0.4) is 0 Å². The van der Waals surface area contributed by atoms with E-state index in [1.165, 1.54) is 11.9 Å². The number of hydrogen-bond donors (Lipinski definition) is 1. The third-order valence-electron chi connectivity index (χ3n) is 2.63. The lowest BCUT2D eigenvalue weighted by molar-refractivity contribution is 0.194. The number of nitrogens with one attached hydrogen (secondary N) is 1. The Bertz CT molecular complexity index is 383. The third kappa shape index (κ3) is 4.11. The number of hydrogen-bond acceptors (Lipinski definition) is 3. The lowest BCUT2D eigenvalue weighted by Gasteiger charge is -2.28. The highest BCUT2D eigenvalue weighted by atomic mass is 32.2. The van der Waals surface area contributed by atoms with E-state index >= 15 is 0 Å². The summed E-state index contributed by atoms with van der Waals surface area (Å²) in [6, 6.07) is -0.784. The fourth-order valence-electron chi connectivity index (χ4n) is 1.11. The third-order valence-corrected chi connectivity index (χ3v) is 4.37. The molecule has 0 fully saturated rings. The van der Waals surface area contributed by atoms with Crippen molar-refractivity contribution in [2.24, 2.45) is 0 Å². The van der Waals surface area contributed by atoms with Crippen LogP contribution in [0.5, 0.6) is 0 Å². The zero-order valence-corrected chi connectivity index (χ0v) is 10.8. The molecule has 0 saturated heterocycles. The number of rotatable bonds is 4. The van der Waals surface area contributed by atoms with Crippen molar-refractivity contribution in [1.29, 1.82) is 0 Å². The van der Waals surface area contributed by atoms with Crippen LogP contribution in [0.25, 0.3) is 0 Å². The molecule has 0 aromatic rings. The Kier molecular flexibility index (Phi) is 5.31. The summed E-state index contributed by atoms with van der Waals surface area (Å²) < 4.78 is 22.6. The van der Waals surface area contributed by atoms with Crippen molar-refractivity contribution < 1.29 is 13.2 Å². The zero-order valence-electron chi connectivity index (χ0n) is 10.0. The van der Waals surface area contributed by atoms with Crippen LogP contribution in [-0.4, -0.2) is 50.5 Å². The van der Waals surface area contributed by atoms with E-state index in [9.17, 15) is 13.2 Å². The first-order valence-corrected chi connectivity index (χ1v) is 6.80. The average Bonchev–Trinajstić information content (AvgIpc) is 2.21. The fraction of sp³-hybridized carbons (Fsp3) is 0.700. The van der Waals surface area contributed by atoms with E-state index < -0.39 is 21.1 Å². The molecule has 16 heavy (non-hydrogen) atoms. The summed E-state index contributed by atoms with van der Waals surface area (Å²) in [7, 11) is -1.62. The number of carbonyl (C=O) groups excluding carboxylic acids is 1. The van der Waals surface area contributed by atoms with E-state index in [0.29, 0.717) is 0 Å². The normalized spacial score (nSPS) is 14.7. The minimum Gasteiger partial charge on any atom is -0.327 e. The lowest BCUT2D eigenvalue weighted by atomic mass is 10.2. The van der Waals surface area contributed by atoms with Crippen LogP contribution in [0, 0.1) is 12.3 Å². The average molecular weight is 246 g/mol. The predicted octanol–water partition coefficient (Wildman–Crippen LogP) is 0.0826. The number of nitrogens with zero attached hydrogens (tertiary/aromatic N) is 1. The molecule has 0 aromatic carbocycles.